The van der Waals surface area contributed by atoms with Gasteiger partial charge in [-0.1, -0.05) is 23.4 Å². The number of aromatic nitrogens is 3. The molecule has 1 aliphatic carbocycles. The standard InChI is InChI=1S/C20H19N5O4/c26-18(21-15-5-3-4-13(10-15)20(28)22-14-8-9-14)12-29-19(27)11-25-17-7-2-1-6-16(17)23-24-25/h1-7,10,14H,8-9,11-12H2,(H,21,26)(H,22,28). The summed E-state index contributed by atoms with van der Waals surface area (Å²) in [5.74, 6) is -1.27. The summed E-state index contributed by atoms with van der Waals surface area (Å²) in [6.45, 7) is -0.589. The number of para-hydroxylation sites is 1. The number of fused-ring (bicyclic) bond motifs is 1. The molecule has 2 aromatic carbocycles. The molecule has 1 heterocycles. The van der Waals surface area contributed by atoms with E-state index in [2.05, 4.69) is 20.9 Å². The second kappa shape index (κ2) is 8.09. The lowest BCUT2D eigenvalue weighted by molar-refractivity contribution is -0.148. The van der Waals surface area contributed by atoms with Crippen LogP contribution in [0.25, 0.3) is 11.0 Å². The number of amides is 2. The number of hydrogen-bond acceptors (Lipinski definition) is 6. The molecule has 0 spiro atoms. The minimum Gasteiger partial charge on any atom is -0.454 e. The molecule has 1 saturated carbocycles. The number of nitrogens with one attached hydrogen (secondary N) is 2. The molecular weight excluding hydrogens is 374 g/mol. The Labute approximate surface area is 166 Å². The van der Waals surface area contributed by atoms with E-state index >= 15 is 0 Å². The van der Waals surface area contributed by atoms with E-state index in [4.69, 9.17) is 4.74 Å². The van der Waals surface area contributed by atoms with Crippen molar-refractivity contribution in [3.8, 4) is 0 Å². The number of hydrogen-bond donors (Lipinski definition) is 2. The highest BCUT2D eigenvalue weighted by molar-refractivity contribution is 5.98. The fraction of sp³-hybridized carbons (Fsp3) is 0.250. The molecular formula is C20H19N5O4. The summed E-state index contributed by atoms with van der Waals surface area (Å²) in [7, 11) is 0. The van der Waals surface area contributed by atoms with Crippen molar-refractivity contribution < 1.29 is 19.1 Å². The highest BCUT2D eigenvalue weighted by atomic mass is 16.5. The van der Waals surface area contributed by atoms with Crippen molar-refractivity contribution in [2.75, 3.05) is 11.9 Å². The van der Waals surface area contributed by atoms with Crippen LogP contribution in [0, 0.1) is 0 Å². The van der Waals surface area contributed by atoms with Gasteiger partial charge in [-0.25, -0.2) is 4.68 Å². The molecule has 0 bridgehead atoms. The van der Waals surface area contributed by atoms with Crippen molar-refractivity contribution in [3.63, 3.8) is 0 Å². The summed E-state index contributed by atoms with van der Waals surface area (Å²) in [5, 5.41) is 13.4. The van der Waals surface area contributed by atoms with Gasteiger partial charge in [0.2, 0.25) is 0 Å². The quantitative estimate of drug-likeness (QED) is 0.588. The number of esters is 1. The first-order valence-corrected chi connectivity index (χ1v) is 9.23. The summed E-state index contributed by atoms with van der Waals surface area (Å²) in [6, 6.07) is 14.1. The van der Waals surface area contributed by atoms with Crippen molar-refractivity contribution in [3.05, 3.63) is 54.1 Å². The van der Waals surface area contributed by atoms with Gasteiger partial charge in [-0.3, -0.25) is 14.4 Å². The Morgan fingerprint density at radius 3 is 2.76 bits per heavy atom. The minimum atomic E-state index is -0.603. The number of carbonyl (C=O) groups is 3. The average molecular weight is 393 g/mol. The van der Waals surface area contributed by atoms with Crippen LogP contribution in [-0.2, 0) is 20.9 Å². The van der Waals surface area contributed by atoms with Crippen LogP contribution in [0.2, 0.25) is 0 Å². The van der Waals surface area contributed by atoms with Crippen molar-refractivity contribution in [2.24, 2.45) is 0 Å². The van der Waals surface area contributed by atoms with E-state index in [1.807, 2.05) is 12.1 Å². The van der Waals surface area contributed by atoms with Gasteiger partial charge in [0.05, 0.1) is 5.52 Å². The van der Waals surface area contributed by atoms with Gasteiger partial charge in [0.15, 0.2) is 6.61 Å². The number of rotatable bonds is 7. The summed E-state index contributed by atoms with van der Waals surface area (Å²) in [4.78, 5) is 36.2. The zero-order valence-corrected chi connectivity index (χ0v) is 15.5. The summed E-state index contributed by atoms with van der Waals surface area (Å²) >= 11 is 0. The zero-order chi connectivity index (χ0) is 20.2. The first-order chi connectivity index (χ1) is 14.1. The van der Waals surface area contributed by atoms with E-state index in [1.54, 1.807) is 36.4 Å². The molecule has 0 unspecified atom stereocenters. The van der Waals surface area contributed by atoms with E-state index in [0.29, 0.717) is 22.3 Å². The summed E-state index contributed by atoms with van der Waals surface area (Å²) in [5.41, 5.74) is 2.29. The van der Waals surface area contributed by atoms with Gasteiger partial charge in [-0.05, 0) is 43.2 Å². The van der Waals surface area contributed by atoms with Crippen LogP contribution in [0.3, 0.4) is 0 Å². The lowest BCUT2D eigenvalue weighted by Gasteiger charge is -2.09. The Kier molecular flexibility index (Phi) is 5.19. The Bertz CT molecular complexity index is 1070. The molecule has 0 atom stereocenters. The molecule has 0 saturated heterocycles. The second-order valence-corrected chi connectivity index (χ2v) is 6.77. The average Bonchev–Trinajstić information content (AvgIpc) is 3.45. The van der Waals surface area contributed by atoms with Gasteiger partial charge in [-0.2, -0.15) is 0 Å². The third-order valence-corrected chi connectivity index (χ3v) is 4.38. The Balaban J connectivity index is 1.28. The summed E-state index contributed by atoms with van der Waals surface area (Å²) in [6.07, 6.45) is 2.00. The molecule has 1 fully saturated rings. The molecule has 29 heavy (non-hydrogen) atoms. The Hall–Kier alpha value is -3.75. The number of nitrogens with zero attached hydrogens (tertiary/aromatic N) is 3. The highest BCUT2D eigenvalue weighted by Crippen LogP contribution is 2.20. The predicted molar refractivity (Wildman–Crippen MR) is 104 cm³/mol. The van der Waals surface area contributed by atoms with Crippen molar-refractivity contribution in [1.29, 1.82) is 0 Å². The summed E-state index contributed by atoms with van der Waals surface area (Å²) < 4.78 is 6.43. The second-order valence-electron chi connectivity index (χ2n) is 6.77. The van der Waals surface area contributed by atoms with Crippen LogP contribution in [0.4, 0.5) is 5.69 Å². The Morgan fingerprint density at radius 2 is 1.93 bits per heavy atom. The van der Waals surface area contributed by atoms with Crippen LogP contribution in [-0.4, -0.2) is 45.4 Å². The molecule has 1 aromatic heterocycles. The third-order valence-electron chi connectivity index (χ3n) is 4.38. The van der Waals surface area contributed by atoms with E-state index < -0.39 is 18.5 Å². The zero-order valence-electron chi connectivity index (χ0n) is 15.5. The molecule has 9 nitrogen and oxygen atoms in total. The van der Waals surface area contributed by atoms with Gasteiger partial charge in [0, 0.05) is 17.3 Å². The lowest BCUT2D eigenvalue weighted by atomic mass is 10.2. The number of ether oxygens (including phenoxy) is 1. The molecule has 2 N–H and O–H groups in total. The highest BCUT2D eigenvalue weighted by Gasteiger charge is 2.23. The number of benzene rings is 2. The predicted octanol–water partition coefficient (Wildman–Crippen LogP) is 1.51. The van der Waals surface area contributed by atoms with Crippen LogP contribution in [0.1, 0.15) is 23.2 Å². The molecule has 9 heteroatoms. The van der Waals surface area contributed by atoms with Crippen LogP contribution >= 0.6 is 0 Å². The number of anilines is 1. The van der Waals surface area contributed by atoms with Gasteiger partial charge in [0.25, 0.3) is 11.8 Å². The maximum Gasteiger partial charge on any atom is 0.328 e. The molecule has 148 valence electrons. The SMILES string of the molecule is O=C(COC(=O)Cn1nnc2ccccc21)Nc1cccc(C(=O)NC2CC2)c1. The van der Waals surface area contributed by atoms with Gasteiger partial charge in [0.1, 0.15) is 12.1 Å². The fourth-order valence-electron chi connectivity index (χ4n) is 2.78. The van der Waals surface area contributed by atoms with Crippen molar-refractivity contribution >= 4 is 34.5 Å². The first-order valence-electron chi connectivity index (χ1n) is 9.23. The minimum absolute atomic E-state index is 0.148. The van der Waals surface area contributed by atoms with Crippen molar-refractivity contribution in [1.82, 2.24) is 20.3 Å². The normalized spacial score (nSPS) is 13.1. The maximum absolute atomic E-state index is 12.1. The molecule has 3 aromatic rings. The third kappa shape index (κ3) is 4.75. The number of carbonyl (C=O) groups excluding carboxylic acids is 3. The van der Waals surface area contributed by atoms with E-state index in [9.17, 15) is 14.4 Å². The Morgan fingerprint density at radius 1 is 1.10 bits per heavy atom. The monoisotopic (exact) mass is 393 g/mol. The fourth-order valence-corrected chi connectivity index (χ4v) is 2.78. The molecule has 0 aliphatic heterocycles. The molecule has 4 rings (SSSR count). The van der Waals surface area contributed by atoms with Crippen LogP contribution in [0.5, 0.6) is 0 Å². The largest absolute Gasteiger partial charge is 0.454 e. The van der Waals surface area contributed by atoms with E-state index in [1.165, 1.54) is 4.68 Å². The smallest absolute Gasteiger partial charge is 0.328 e. The van der Waals surface area contributed by atoms with Gasteiger partial charge < -0.3 is 15.4 Å². The van der Waals surface area contributed by atoms with Gasteiger partial charge in [-0.15, -0.1) is 5.10 Å². The maximum atomic E-state index is 12.1. The van der Waals surface area contributed by atoms with Crippen LogP contribution < -0.4 is 10.6 Å². The topological polar surface area (TPSA) is 115 Å². The first kappa shape index (κ1) is 18.6. The molecule has 2 amide bonds. The van der Waals surface area contributed by atoms with E-state index in [-0.39, 0.29) is 18.5 Å². The van der Waals surface area contributed by atoms with E-state index in [0.717, 1.165) is 12.8 Å². The van der Waals surface area contributed by atoms with Crippen LogP contribution in [0.15, 0.2) is 48.5 Å². The molecule has 1 aliphatic rings. The lowest BCUT2D eigenvalue weighted by Crippen LogP contribution is -2.26. The van der Waals surface area contributed by atoms with Crippen molar-refractivity contribution in [2.45, 2.75) is 25.4 Å². The van der Waals surface area contributed by atoms with Gasteiger partial charge >= 0.3 is 5.97 Å². The molecule has 0 radical (unpaired) electrons.